The fraction of sp³-hybridized carbons (Fsp3) is 0.316. The van der Waals surface area contributed by atoms with E-state index in [1.54, 1.807) is 0 Å². The van der Waals surface area contributed by atoms with E-state index >= 15 is 0 Å². The second-order valence-electron chi connectivity index (χ2n) is 18.5. The summed E-state index contributed by atoms with van der Waals surface area (Å²) in [6.45, 7) is 72.2. The molecule has 0 fully saturated rings. The van der Waals surface area contributed by atoms with Crippen LogP contribution in [0.3, 0.4) is 0 Å². The van der Waals surface area contributed by atoms with Crippen molar-refractivity contribution >= 4 is 32.3 Å². The molecule has 14 aromatic carbocycles. The number of hydrogen-bond donors (Lipinski definition) is 0. The Labute approximate surface area is 709 Å². The molecule has 0 spiro atoms. The normalized spacial score (nSPS) is 7.65. The molecule has 0 heterocycles. The summed E-state index contributed by atoms with van der Waals surface area (Å²) in [6, 6.07) is 133. The van der Waals surface area contributed by atoms with Gasteiger partial charge >= 0.3 is 0 Å². The topological polar surface area (TPSA) is 0 Å². The smallest absolute Gasteiger partial charge is 0.0184 e. The summed E-state index contributed by atoms with van der Waals surface area (Å²) < 4.78 is 0. The molecule has 0 atom stereocenters. The van der Waals surface area contributed by atoms with Crippen molar-refractivity contribution < 1.29 is 0 Å². The van der Waals surface area contributed by atoms with Gasteiger partial charge in [0.15, 0.2) is 0 Å². The summed E-state index contributed by atoms with van der Waals surface area (Å²) in [5.41, 5.74) is 10.3. The molecule has 0 N–H and O–H groups in total. The van der Waals surface area contributed by atoms with E-state index in [0.29, 0.717) is 0 Å². The molecule has 0 heteroatoms. The van der Waals surface area contributed by atoms with Crippen molar-refractivity contribution in [1.29, 1.82) is 0 Å². The molecule has 628 valence electrons. The van der Waals surface area contributed by atoms with Crippen LogP contribution in [0, 0.1) is 13.8 Å². The molecule has 0 aromatic heterocycles. The largest absolute Gasteiger partial charge is 0.0683 e. The maximum absolute atomic E-state index is 2.12. The van der Waals surface area contributed by atoms with Crippen molar-refractivity contribution in [3.63, 3.8) is 0 Å². The fourth-order valence-corrected chi connectivity index (χ4v) is 8.25. The van der Waals surface area contributed by atoms with E-state index in [-0.39, 0.29) is 0 Å². The van der Waals surface area contributed by atoms with Crippen molar-refractivity contribution in [2.75, 3.05) is 0 Å². The predicted octanol–water partition coefficient (Wildman–Crippen LogP) is 40.0. The van der Waals surface area contributed by atoms with E-state index in [1.807, 2.05) is 308 Å². The number of fused-ring (bicyclic) bond motifs is 3. The predicted molar refractivity (Wildman–Crippen MR) is 543 cm³/mol. The molecule has 0 saturated heterocycles. The van der Waals surface area contributed by atoms with Crippen molar-refractivity contribution in [2.24, 2.45) is 0 Å². The maximum atomic E-state index is 2.12. The highest BCUT2D eigenvalue weighted by Gasteiger charge is 1.95. The number of aryl methyl sites for hydroxylation is 2. The van der Waals surface area contributed by atoms with Crippen molar-refractivity contribution in [1.82, 2.24) is 0 Å². The Balaban J connectivity index is -0.000000112. The van der Waals surface area contributed by atoms with Crippen molar-refractivity contribution in [3.8, 4) is 33.4 Å². The second kappa shape index (κ2) is 116. The van der Waals surface area contributed by atoms with Crippen LogP contribution in [0.25, 0.3) is 65.7 Å². The quantitative estimate of drug-likeness (QED) is 0.165. The summed E-state index contributed by atoms with van der Waals surface area (Å²) in [5, 5.41) is 7.86. The lowest BCUT2D eigenvalue weighted by atomic mass is 10.1. The van der Waals surface area contributed by atoms with Crippen LogP contribution in [0.1, 0.15) is 247 Å². The average molecular weight is 1540 g/mol. The zero-order valence-corrected chi connectivity index (χ0v) is 80.0. The molecule has 14 rings (SSSR count). The first-order valence-corrected chi connectivity index (χ1v) is 44.2. The van der Waals surface area contributed by atoms with E-state index in [4.69, 9.17) is 0 Å². The Hall–Kier alpha value is -10.1. The van der Waals surface area contributed by atoms with Gasteiger partial charge in [-0.05, 0) is 79.5 Å². The maximum Gasteiger partial charge on any atom is -0.0184 e. The highest BCUT2D eigenvalue weighted by Crippen LogP contribution is 2.20. The summed E-state index contributed by atoms with van der Waals surface area (Å²) in [4.78, 5) is 0. The van der Waals surface area contributed by atoms with Crippen LogP contribution in [0.5, 0.6) is 0 Å². The minimum Gasteiger partial charge on any atom is -0.0683 e. The second-order valence-corrected chi connectivity index (χ2v) is 18.5. The lowest BCUT2D eigenvalue weighted by Crippen LogP contribution is -1.73. The Morgan fingerprint density at radius 1 is 0.0877 bits per heavy atom. The Morgan fingerprint density at radius 2 is 0.158 bits per heavy atom. The van der Waals surface area contributed by atoms with Gasteiger partial charge in [0, 0.05) is 0 Å². The first kappa shape index (κ1) is 127. The van der Waals surface area contributed by atoms with Gasteiger partial charge in [-0.1, -0.05) is 635 Å². The lowest BCUT2D eigenvalue weighted by Gasteiger charge is -1.98. The number of benzene rings is 14. The third kappa shape index (κ3) is 72.1. The summed E-state index contributed by atoms with van der Waals surface area (Å²) in [6.07, 6.45) is 0. The molecule has 114 heavy (non-hydrogen) atoms. The van der Waals surface area contributed by atoms with Crippen LogP contribution in [0.15, 0.2) is 388 Å². The van der Waals surface area contributed by atoms with Gasteiger partial charge in [0.25, 0.3) is 0 Å². The molecule has 0 radical (unpaired) electrons. The first-order valence-electron chi connectivity index (χ1n) is 44.2. The summed E-state index contributed by atoms with van der Waals surface area (Å²) in [7, 11) is 0. The van der Waals surface area contributed by atoms with Crippen molar-refractivity contribution in [3.05, 3.63) is 399 Å². The summed E-state index contributed by atoms with van der Waals surface area (Å²) in [5.74, 6) is 0. The van der Waals surface area contributed by atoms with E-state index in [2.05, 4.69) is 329 Å². The molecular weight excluding hydrogens is 1370 g/mol. The molecular formula is C114H172. The Bertz CT molecular complexity index is 3100. The van der Waals surface area contributed by atoms with Gasteiger partial charge in [-0.25, -0.2) is 0 Å². The van der Waals surface area contributed by atoms with Crippen molar-refractivity contribution in [2.45, 2.75) is 249 Å². The van der Waals surface area contributed by atoms with Crippen LogP contribution in [0.2, 0.25) is 0 Å². The third-order valence-electron chi connectivity index (χ3n) is 12.5. The SMILES string of the molecule is CC.CC.CC.CC.CC.CC.CC.CC.CC.CC.CC.CC.CC.CC.CC.CC.CC.Cc1ccccc1.Cc1ccccc1.c1ccc(-c2ccccc2)cc1.c1ccc(-c2ccccc2)cc1.c1ccc(-c2ccccc2)cc1.c1ccc2ccccc2c1.c1ccc2ccccc2c1.c1ccc2ccccc2c1. The van der Waals surface area contributed by atoms with Gasteiger partial charge in [-0.2, -0.15) is 0 Å². The molecule has 14 aromatic rings. The molecule has 0 unspecified atom stereocenters. The summed E-state index contributed by atoms with van der Waals surface area (Å²) >= 11 is 0. The molecule has 0 aliphatic carbocycles. The first-order chi connectivity index (χ1) is 56.6. The van der Waals surface area contributed by atoms with Gasteiger partial charge in [0.1, 0.15) is 0 Å². The average Bonchev–Trinajstić information content (AvgIpc) is 0.898. The van der Waals surface area contributed by atoms with Gasteiger partial charge in [0.2, 0.25) is 0 Å². The molecule has 0 bridgehead atoms. The zero-order chi connectivity index (χ0) is 89.3. The Morgan fingerprint density at radius 3 is 0.228 bits per heavy atom. The monoisotopic (exact) mass is 1540 g/mol. The van der Waals surface area contributed by atoms with Crippen LogP contribution >= 0.6 is 0 Å². The number of rotatable bonds is 3. The van der Waals surface area contributed by atoms with Crippen LogP contribution in [-0.4, -0.2) is 0 Å². The van der Waals surface area contributed by atoms with Crippen LogP contribution in [0.4, 0.5) is 0 Å². The number of hydrogen-bond acceptors (Lipinski definition) is 0. The minimum atomic E-state index is 1.28. The molecule has 0 saturated carbocycles. The highest BCUT2D eigenvalue weighted by atomic mass is 14.0. The van der Waals surface area contributed by atoms with Gasteiger partial charge in [0.05, 0.1) is 0 Å². The molecule has 0 amide bonds. The van der Waals surface area contributed by atoms with E-state index < -0.39 is 0 Å². The fourth-order valence-electron chi connectivity index (χ4n) is 8.25. The highest BCUT2D eigenvalue weighted by molar-refractivity contribution is 5.83. The molecule has 0 aliphatic heterocycles. The van der Waals surface area contributed by atoms with Gasteiger partial charge < -0.3 is 0 Å². The van der Waals surface area contributed by atoms with E-state index in [1.165, 1.54) is 76.8 Å². The van der Waals surface area contributed by atoms with E-state index in [9.17, 15) is 0 Å². The van der Waals surface area contributed by atoms with E-state index in [0.717, 1.165) is 0 Å². The third-order valence-corrected chi connectivity index (χ3v) is 12.5. The standard InChI is InChI=1S/3C12H10.3C10H8.2C7H8.17C2H6/c3*1-3-7-11(8-4-1)12-9-5-2-6-10-12;3*1-2-6-10-8-4-3-7-9(10)5-1;2*1-7-5-3-2-4-6-7;17*1-2/h3*1-10H;3*1-8H;2*2-6H,1H3;17*1-2H3. The Kier molecular flexibility index (Phi) is 130. The lowest BCUT2D eigenvalue weighted by molar-refractivity contribution is 1.48. The minimum absolute atomic E-state index is 1.28. The van der Waals surface area contributed by atoms with Crippen LogP contribution < -0.4 is 0 Å². The molecule has 0 aliphatic rings. The molecule has 0 nitrogen and oxygen atoms in total. The van der Waals surface area contributed by atoms with Crippen LogP contribution in [-0.2, 0) is 0 Å². The zero-order valence-electron chi connectivity index (χ0n) is 80.0. The van der Waals surface area contributed by atoms with Gasteiger partial charge in [-0.15, -0.1) is 0 Å². The van der Waals surface area contributed by atoms with Gasteiger partial charge in [-0.3, -0.25) is 0 Å².